The van der Waals surface area contributed by atoms with Crippen LogP contribution in [0.25, 0.3) is 0 Å². The van der Waals surface area contributed by atoms with E-state index in [1.54, 1.807) is 0 Å². The summed E-state index contributed by atoms with van der Waals surface area (Å²) in [5.41, 5.74) is -5.21. The van der Waals surface area contributed by atoms with E-state index in [0.717, 1.165) is 12.4 Å². The molecule has 2 N–H and O–H groups in total. The molecule has 2 aromatic carbocycles. The van der Waals surface area contributed by atoms with Crippen molar-refractivity contribution in [2.75, 3.05) is 0 Å². The van der Waals surface area contributed by atoms with Crippen molar-refractivity contribution in [3.8, 4) is 11.5 Å². The van der Waals surface area contributed by atoms with Crippen LogP contribution in [0, 0.1) is 35.5 Å². The second kappa shape index (κ2) is 12.1. The van der Waals surface area contributed by atoms with Gasteiger partial charge in [-0.1, -0.05) is 0 Å². The van der Waals surface area contributed by atoms with Crippen LogP contribution in [0.3, 0.4) is 0 Å². The predicted octanol–water partition coefficient (Wildman–Crippen LogP) is 8.03. The van der Waals surface area contributed by atoms with Gasteiger partial charge in [-0.3, -0.25) is 9.59 Å². The van der Waals surface area contributed by atoms with Crippen LogP contribution in [-0.2, 0) is 0 Å². The van der Waals surface area contributed by atoms with E-state index < -0.39 is 109 Å². The van der Waals surface area contributed by atoms with Crippen molar-refractivity contribution >= 4 is 24.2 Å². The van der Waals surface area contributed by atoms with Crippen molar-refractivity contribution in [1.29, 1.82) is 0 Å². The van der Waals surface area contributed by atoms with Crippen molar-refractivity contribution in [2.45, 2.75) is 61.2 Å². The molecule has 0 spiro atoms. The molecule has 0 unspecified atom stereocenters. The van der Waals surface area contributed by atoms with Gasteiger partial charge in [0.25, 0.3) is 35.0 Å². The van der Waals surface area contributed by atoms with E-state index in [1.165, 1.54) is 48.5 Å². The standard InChI is InChI=1S/C32H26F12N4O3/c33-27(31(39,40)41)23-11-19(29(27,35)36)9-17(23)13-45-47-25(49)15-1-5-21(6-2-15)51-22-7-3-16(4-8-22)26(50)48-46-14-18-10-20-12-24(18)28(34,30(20,37)38)32(42,43)44/h1-8,13-14,17-20,23-24H,9-12H2,(H,47,49)(H,48,50)/b45-13-,46-14-/t17-,18-,19-,20-,23+,24+,27-,28+/m0/s1. The molecule has 4 fully saturated rings. The number of hydrogen-bond donors (Lipinski definition) is 2. The Labute approximate surface area is 280 Å². The fourth-order valence-corrected chi connectivity index (χ4v) is 7.86. The molecular formula is C32H26F12N4O3. The van der Waals surface area contributed by atoms with Crippen molar-refractivity contribution in [3.63, 3.8) is 0 Å². The number of ether oxygens (including phenoxy) is 1. The Bertz CT molecular complexity index is 1600. The van der Waals surface area contributed by atoms with Crippen molar-refractivity contribution in [1.82, 2.24) is 10.9 Å². The average molecular weight is 743 g/mol. The van der Waals surface area contributed by atoms with Crippen molar-refractivity contribution in [3.05, 3.63) is 59.7 Å². The van der Waals surface area contributed by atoms with Crippen molar-refractivity contribution in [2.24, 2.45) is 45.7 Å². The third-order valence-electron chi connectivity index (χ3n) is 10.4. The number of nitrogens with one attached hydrogen (secondary N) is 2. The number of fused-ring (bicyclic) bond motifs is 4. The fraction of sp³-hybridized carbons (Fsp3) is 0.500. The van der Waals surface area contributed by atoms with Gasteiger partial charge in [-0.05, 0) is 74.2 Å². The van der Waals surface area contributed by atoms with Crippen LogP contribution in [0.5, 0.6) is 11.5 Å². The van der Waals surface area contributed by atoms with Crippen LogP contribution in [0.4, 0.5) is 52.7 Å². The largest absolute Gasteiger partial charge is 0.457 e. The van der Waals surface area contributed by atoms with Gasteiger partial charge >= 0.3 is 12.4 Å². The first-order valence-electron chi connectivity index (χ1n) is 15.4. The van der Waals surface area contributed by atoms with Gasteiger partial charge in [0.15, 0.2) is 0 Å². The molecule has 6 rings (SSSR count). The van der Waals surface area contributed by atoms with E-state index in [-0.39, 0.29) is 22.6 Å². The molecule has 0 radical (unpaired) electrons. The second-order valence-electron chi connectivity index (χ2n) is 13.1. The minimum atomic E-state index is -5.79. The molecule has 2 aromatic rings. The SMILES string of the molecule is O=C(N/N=C\[C@@H]1C[C@H]2C[C@H]1[C@@](F)(C(F)(F)F)C2(F)F)c1ccc(Oc2ccc(C(=O)N/N=C\[C@@H]3C[C@H]4C[C@H]3[C@](F)(C(F)(F)F)C4(F)F)cc2)cc1. The molecule has 51 heavy (non-hydrogen) atoms. The first kappa shape index (κ1) is 36.5. The molecule has 0 aromatic heterocycles. The Morgan fingerprint density at radius 3 is 1.24 bits per heavy atom. The summed E-state index contributed by atoms with van der Waals surface area (Å²) in [6.45, 7) is 0. The zero-order chi connectivity index (χ0) is 37.4. The summed E-state index contributed by atoms with van der Waals surface area (Å²) < 4.78 is 171. The van der Waals surface area contributed by atoms with Crippen LogP contribution in [0.2, 0.25) is 0 Å². The van der Waals surface area contributed by atoms with Crippen molar-refractivity contribution < 1.29 is 67.0 Å². The van der Waals surface area contributed by atoms with E-state index in [9.17, 15) is 62.3 Å². The highest BCUT2D eigenvalue weighted by molar-refractivity contribution is 5.95. The third kappa shape index (κ3) is 5.70. The quantitative estimate of drug-likeness (QED) is 0.163. The molecule has 7 nitrogen and oxygen atoms in total. The maximum atomic E-state index is 14.7. The summed E-state index contributed by atoms with van der Waals surface area (Å²) in [6, 6.07) is 10.7. The Kier molecular flexibility index (Phi) is 8.68. The summed E-state index contributed by atoms with van der Waals surface area (Å²) in [4.78, 5) is 24.9. The number of carbonyl (C=O) groups excluding carboxylic acids is 2. The molecule has 276 valence electrons. The van der Waals surface area contributed by atoms with Gasteiger partial charge in [-0.2, -0.15) is 36.5 Å². The highest BCUT2D eigenvalue weighted by atomic mass is 19.4. The molecule has 4 aliphatic rings. The van der Waals surface area contributed by atoms with Crippen LogP contribution in [0.15, 0.2) is 58.7 Å². The number of carbonyl (C=O) groups is 2. The second-order valence-corrected chi connectivity index (χ2v) is 13.1. The lowest BCUT2D eigenvalue weighted by Gasteiger charge is -2.40. The Balaban J connectivity index is 0.988. The van der Waals surface area contributed by atoms with Gasteiger partial charge in [0.2, 0.25) is 0 Å². The molecule has 2 amide bonds. The summed E-state index contributed by atoms with van der Waals surface area (Å²) in [5.74, 6) is -20.6. The van der Waals surface area contributed by atoms with Crippen LogP contribution in [0.1, 0.15) is 46.4 Å². The minimum Gasteiger partial charge on any atom is -0.457 e. The number of hydrazone groups is 2. The predicted molar refractivity (Wildman–Crippen MR) is 154 cm³/mol. The summed E-state index contributed by atoms with van der Waals surface area (Å²) in [6.07, 6.45) is -12.1. The molecule has 0 heterocycles. The number of rotatable bonds is 8. The number of benzene rings is 2. The van der Waals surface area contributed by atoms with Gasteiger partial charge < -0.3 is 4.74 Å². The third-order valence-corrected chi connectivity index (χ3v) is 10.4. The van der Waals surface area contributed by atoms with Crippen LogP contribution < -0.4 is 15.6 Å². The van der Waals surface area contributed by atoms with E-state index in [2.05, 4.69) is 21.1 Å². The topological polar surface area (TPSA) is 92.1 Å². The van der Waals surface area contributed by atoms with E-state index in [0.29, 0.717) is 0 Å². The lowest BCUT2D eigenvalue weighted by molar-refractivity contribution is -0.320. The monoisotopic (exact) mass is 742 g/mol. The molecule has 4 bridgehead atoms. The molecule has 19 heteroatoms. The number of halogens is 12. The Morgan fingerprint density at radius 1 is 0.608 bits per heavy atom. The summed E-state index contributed by atoms with van der Waals surface area (Å²) in [7, 11) is 0. The Hall–Kier alpha value is -4.32. The normalized spacial score (nSPS) is 33.6. The maximum absolute atomic E-state index is 14.7. The van der Waals surface area contributed by atoms with Gasteiger partial charge in [-0.15, -0.1) is 0 Å². The van der Waals surface area contributed by atoms with Gasteiger partial charge in [0, 0.05) is 59.1 Å². The van der Waals surface area contributed by atoms with Gasteiger partial charge in [0.1, 0.15) is 11.5 Å². The number of hydrogen-bond acceptors (Lipinski definition) is 5. The lowest BCUT2D eigenvalue weighted by atomic mass is 9.76. The lowest BCUT2D eigenvalue weighted by Crippen LogP contribution is -2.60. The van der Waals surface area contributed by atoms with E-state index >= 15 is 0 Å². The smallest absolute Gasteiger partial charge is 0.428 e. The molecule has 8 atom stereocenters. The van der Waals surface area contributed by atoms with Crippen LogP contribution in [-0.4, -0.2) is 59.8 Å². The van der Waals surface area contributed by atoms with Crippen LogP contribution >= 0.6 is 0 Å². The average Bonchev–Trinajstić information content (AvgIpc) is 3.77. The Morgan fingerprint density at radius 2 is 0.941 bits per heavy atom. The summed E-state index contributed by atoms with van der Waals surface area (Å²) >= 11 is 0. The molecule has 4 aliphatic carbocycles. The fourth-order valence-electron chi connectivity index (χ4n) is 7.86. The van der Waals surface area contributed by atoms with E-state index in [1.807, 2.05) is 0 Å². The number of nitrogens with zero attached hydrogens (tertiary/aromatic N) is 2. The highest BCUT2D eigenvalue weighted by Crippen LogP contribution is 2.69. The first-order valence-corrected chi connectivity index (χ1v) is 15.4. The molecule has 4 saturated carbocycles. The molecular weight excluding hydrogens is 716 g/mol. The zero-order valence-corrected chi connectivity index (χ0v) is 25.7. The van der Waals surface area contributed by atoms with Gasteiger partial charge in [0.05, 0.1) is 0 Å². The highest BCUT2D eigenvalue weighted by Gasteiger charge is 2.84. The van der Waals surface area contributed by atoms with E-state index in [4.69, 9.17) is 4.74 Å². The summed E-state index contributed by atoms with van der Waals surface area (Å²) in [5, 5.41) is 7.13. The maximum Gasteiger partial charge on any atom is 0.428 e. The molecule has 0 aliphatic heterocycles. The molecule has 0 saturated heterocycles. The zero-order valence-electron chi connectivity index (χ0n) is 25.7. The van der Waals surface area contributed by atoms with Gasteiger partial charge in [-0.25, -0.2) is 37.2 Å². The minimum absolute atomic E-state index is 0.0245. The number of alkyl halides is 12. The number of amides is 2. The first-order chi connectivity index (χ1) is 23.6.